The summed E-state index contributed by atoms with van der Waals surface area (Å²) in [5.41, 5.74) is 1.28. The van der Waals surface area contributed by atoms with Gasteiger partial charge in [-0.3, -0.25) is 0 Å². The highest BCUT2D eigenvalue weighted by molar-refractivity contribution is 7.99. The third kappa shape index (κ3) is 4.28. The summed E-state index contributed by atoms with van der Waals surface area (Å²) in [5, 5.41) is 9.43. The molecule has 0 aliphatic carbocycles. The Bertz CT molecular complexity index is 370. The van der Waals surface area contributed by atoms with E-state index in [1.54, 1.807) is 17.8 Å². The Morgan fingerprint density at radius 1 is 1.47 bits per heavy atom. The van der Waals surface area contributed by atoms with Crippen LogP contribution in [0.25, 0.3) is 0 Å². The molecule has 4 nitrogen and oxygen atoms in total. The van der Waals surface area contributed by atoms with E-state index in [-0.39, 0.29) is 0 Å². The van der Waals surface area contributed by atoms with E-state index in [2.05, 4.69) is 14.9 Å². The molecule has 0 aliphatic rings. The highest BCUT2D eigenvalue weighted by atomic mass is 32.2. The van der Waals surface area contributed by atoms with E-state index in [4.69, 9.17) is 5.26 Å². The summed E-state index contributed by atoms with van der Waals surface area (Å²) >= 11 is 1.58. The summed E-state index contributed by atoms with van der Waals surface area (Å²) in [7, 11) is 4.05. The minimum absolute atomic E-state index is 0.440. The van der Waals surface area contributed by atoms with Gasteiger partial charge in [-0.1, -0.05) is 11.8 Å². The number of nitriles is 1. The number of aryl methyl sites for hydroxylation is 1. The van der Waals surface area contributed by atoms with Crippen molar-refractivity contribution in [1.29, 1.82) is 5.26 Å². The zero-order valence-corrected chi connectivity index (χ0v) is 10.0. The van der Waals surface area contributed by atoms with Crippen LogP contribution in [0.1, 0.15) is 11.4 Å². The molecular weight excluding hydrogens is 208 g/mol. The van der Waals surface area contributed by atoms with E-state index in [0.717, 1.165) is 18.0 Å². The van der Waals surface area contributed by atoms with Gasteiger partial charge in [0, 0.05) is 18.0 Å². The lowest BCUT2D eigenvalue weighted by molar-refractivity contribution is 0.437. The highest BCUT2D eigenvalue weighted by Gasteiger charge is 2.02. The SMILES string of the molecule is Cc1cc(C#N)nc(SCCN(C)C)n1. The van der Waals surface area contributed by atoms with Gasteiger partial charge in [0.1, 0.15) is 11.8 Å². The molecular formula is C10H14N4S. The monoisotopic (exact) mass is 222 g/mol. The van der Waals surface area contributed by atoms with Gasteiger partial charge in [-0.05, 0) is 27.1 Å². The summed E-state index contributed by atoms with van der Waals surface area (Å²) in [4.78, 5) is 10.5. The second-order valence-electron chi connectivity index (χ2n) is 3.44. The van der Waals surface area contributed by atoms with Crippen LogP contribution in [-0.4, -0.2) is 41.3 Å². The standard InChI is InChI=1S/C10H14N4S/c1-8-6-9(7-11)13-10(12-8)15-5-4-14(2)3/h6H,4-5H2,1-3H3. The third-order valence-corrected chi connectivity index (χ3v) is 2.55. The largest absolute Gasteiger partial charge is 0.309 e. The van der Waals surface area contributed by atoms with E-state index in [1.165, 1.54) is 0 Å². The lowest BCUT2D eigenvalue weighted by Crippen LogP contribution is -2.15. The fraction of sp³-hybridized carbons (Fsp3) is 0.500. The summed E-state index contributed by atoms with van der Waals surface area (Å²) in [6.45, 7) is 2.85. The second-order valence-corrected chi connectivity index (χ2v) is 4.50. The maximum Gasteiger partial charge on any atom is 0.189 e. The summed E-state index contributed by atoms with van der Waals surface area (Å²) < 4.78 is 0. The van der Waals surface area contributed by atoms with Gasteiger partial charge in [-0.25, -0.2) is 9.97 Å². The fourth-order valence-corrected chi connectivity index (χ4v) is 1.99. The van der Waals surface area contributed by atoms with Crippen molar-refractivity contribution >= 4 is 11.8 Å². The number of nitrogens with zero attached hydrogens (tertiary/aromatic N) is 4. The molecule has 0 saturated carbocycles. The molecule has 0 unspecified atom stereocenters. The number of rotatable bonds is 4. The Morgan fingerprint density at radius 3 is 2.80 bits per heavy atom. The molecule has 0 amide bonds. The average Bonchev–Trinajstić information content (AvgIpc) is 2.16. The Morgan fingerprint density at radius 2 is 2.20 bits per heavy atom. The van der Waals surface area contributed by atoms with Gasteiger partial charge in [0.15, 0.2) is 5.16 Å². The van der Waals surface area contributed by atoms with Crippen LogP contribution < -0.4 is 0 Å². The van der Waals surface area contributed by atoms with Crippen LogP contribution in [0.4, 0.5) is 0 Å². The predicted molar refractivity (Wildman–Crippen MR) is 60.8 cm³/mol. The molecule has 15 heavy (non-hydrogen) atoms. The molecule has 5 heteroatoms. The molecule has 0 N–H and O–H groups in total. The maximum absolute atomic E-state index is 8.74. The van der Waals surface area contributed by atoms with Crippen molar-refractivity contribution in [3.8, 4) is 6.07 Å². The Balaban J connectivity index is 2.61. The van der Waals surface area contributed by atoms with Gasteiger partial charge >= 0.3 is 0 Å². The zero-order valence-electron chi connectivity index (χ0n) is 9.19. The molecule has 0 aromatic carbocycles. The first-order chi connectivity index (χ1) is 7.11. The molecule has 0 aliphatic heterocycles. The second kappa shape index (κ2) is 5.69. The average molecular weight is 222 g/mol. The lowest BCUT2D eigenvalue weighted by atomic mass is 10.4. The van der Waals surface area contributed by atoms with Crippen molar-refractivity contribution in [3.05, 3.63) is 17.5 Å². The molecule has 1 rings (SSSR count). The summed E-state index contributed by atoms with van der Waals surface area (Å²) in [6, 6.07) is 3.72. The van der Waals surface area contributed by atoms with Crippen molar-refractivity contribution in [2.75, 3.05) is 26.4 Å². The van der Waals surface area contributed by atoms with Crippen molar-refractivity contribution in [2.24, 2.45) is 0 Å². The van der Waals surface area contributed by atoms with Crippen molar-refractivity contribution in [3.63, 3.8) is 0 Å². The van der Waals surface area contributed by atoms with Crippen LogP contribution in [0, 0.1) is 18.3 Å². The van der Waals surface area contributed by atoms with Gasteiger partial charge in [-0.15, -0.1) is 0 Å². The molecule has 0 saturated heterocycles. The first kappa shape index (κ1) is 12.0. The van der Waals surface area contributed by atoms with E-state index < -0.39 is 0 Å². The Labute approximate surface area is 94.3 Å². The normalized spacial score (nSPS) is 10.3. The lowest BCUT2D eigenvalue weighted by Gasteiger charge is -2.07. The molecule has 0 radical (unpaired) electrons. The molecule has 0 fully saturated rings. The van der Waals surface area contributed by atoms with E-state index in [9.17, 15) is 0 Å². The predicted octanol–water partition coefficient (Wildman–Crippen LogP) is 1.31. The number of hydrogen-bond donors (Lipinski definition) is 0. The topological polar surface area (TPSA) is 52.8 Å². The number of aromatic nitrogens is 2. The Kier molecular flexibility index (Phi) is 4.53. The van der Waals surface area contributed by atoms with Crippen LogP contribution in [0.15, 0.2) is 11.2 Å². The summed E-state index contributed by atoms with van der Waals surface area (Å²) in [6.07, 6.45) is 0. The highest BCUT2D eigenvalue weighted by Crippen LogP contribution is 2.13. The van der Waals surface area contributed by atoms with Gasteiger partial charge in [-0.2, -0.15) is 5.26 Å². The van der Waals surface area contributed by atoms with Gasteiger partial charge < -0.3 is 4.90 Å². The minimum Gasteiger partial charge on any atom is -0.309 e. The first-order valence-electron chi connectivity index (χ1n) is 4.65. The van der Waals surface area contributed by atoms with Crippen LogP contribution >= 0.6 is 11.8 Å². The van der Waals surface area contributed by atoms with Crippen molar-refractivity contribution < 1.29 is 0 Å². The maximum atomic E-state index is 8.74. The first-order valence-corrected chi connectivity index (χ1v) is 5.63. The molecule has 1 aromatic heterocycles. The Hall–Kier alpha value is -1.12. The number of hydrogen-bond acceptors (Lipinski definition) is 5. The summed E-state index contributed by atoms with van der Waals surface area (Å²) in [5.74, 6) is 0.932. The molecule has 0 atom stereocenters. The van der Waals surface area contributed by atoms with Gasteiger partial charge in [0.25, 0.3) is 0 Å². The fourth-order valence-electron chi connectivity index (χ4n) is 0.983. The quantitative estimate of drug-likeness (QED) is 0.568. The van der Waals surface area contributed by atoms with E-state index >= 15 is 0 Å². The van der Waals surface area contributed by atoms with Crippen LogP contribution in [0.5, 0.6) is 0 Å². The zero-order chi connectivity index (χ0) is 11.3. The minimum atomic E-state index is 0.440. The van der Waals surface area contributed by atoms with Crippen molar-refractivity contribution in [1.82, 2.24) is 14.9 Å². The van der Waals surface area contributed by atoms with Gasteiger partial charge in [0.2, 0.25) is 0 Å². The van der Waals surface area contributed by atoms with E-state index in [0.29, 0.717) is 10.9 Å². The van der Waals surface area contributed by atoms with Crippen molar-refractivity contribution in [2.45, 2.75) is 12.1 Å². The molecule has 0 bridgehead atoms. The third-order valence-electron chi connectivity index (χ3n) is 1.72. The van der Waals surface area contributed by atoms with Gasteiger partial charge in [0.05, 0.1) is 0 Å². The van der Waals surface area contributed by atoms with E-state index in [1.807, 2.05) is 27.1 Å². The van der Waals surface area contributed by atoms with Crippen LogP contribution in [0.2, 0.25) is 0 Å². The smallest absolute Gasteiger partial charge is 0.189 e. The van der Waals surface area contributed by atoms with Crippen LogP contribution in [0.3, 0.4) is 0 Å². The molecule has 1 aromatic rings. The molecule has 80 valence electrons. The molecule has 1 heterocycles. The van der Waals surface area contributed by atoms with Crippen LogP contribution in [-0.2, 0) is 0 Å². The molecule has 0 spiro atoms. The number of thioether (sulfide) groups is 1.